The zero-order valence-corrected chi connectivity index (χ0v) is 44.8. The first-order valence-corrected chi connectivity index (χ1v) is 26.2. The molecule has 1 saturated heterocycles. The third kappa shape index (κ3) is 21.5. The second kappa shape index (κ2) is 34.6. The summed E-state index contributed by atoms with van der Waals surface area (Å²) in [4.78, 5) is 60.7. The van der Waals surface area contributed by atoms with Gasteiger partial charge in [0.05, 0.1) is 54.6 Å². The van der Waals surface area contributed by atoms with Crippen molar-refractivity contribution in [1.29, 1.82) is 0 Å². The van der Waals surface area contributed by atoms with Gasteiger partial charge in [0.25, 0.3) is 0 Å². The molecule has 4 atom stereocenters. The molecule has 2 saturated carbocycles. The average Bonchev–Trinajstić information content (AvgIpc) is 4.32. The summed E-state index contributed by atoms with van der Waals surface area (Å²) in [5.41, 5.74) is 8.52. The van der Waals surface area contributed by atoms with Crippen LogP contribution in [-0.4, -0.2) is 131 Å². The van der Waals surface area contributed by atoms with Crippen LogP contribution in [0.5, 0.6) is 0 Å². The lowest BCUT2D eigenvalue weighted by atomic mass is 10.0. The molecule has 3 unspecified atom stereocenters. The normalized spacial score (nSPS) is 16.6. The van der Waals surface area contributed by atoms with Crippen molar-refractivity contribution in [3.05, 3.63) is 144 Å². The van der Waals surface area contributed by atoms with Gasteiger partial charge >= 0.3 is 0 Å². The minimum atomic E-state index is -0.521. The highest BCUT2D eigenvalue weighted by molar-refractivity contribution is 5.71. The number of hydrogen-bond acceptors (Lipinski definition) is 11. The molecule has 75 heavy (non-hydrogen) atoms. The molecule has 4 aromatic carbocycles. The zero-order valence-electron chi connectivity index (χ0n) is 44.8. The van der Waals surface area contributed by atoms with Crippen LogP contribution in [0.25, 0.3) is 33.6 Å². The van der Waals surface area contributed by atoms with Gasteiger partial charge in [-0.3, -0.25) is 19.3 Å². The quantitative estimate of drug-likeness (QED) is 0.0412. The molecule has 6 aromatic rings. The van der Waals surface area contributed by atoms with Crippen molar-refractivity contribution in [1.82, 2.24) is 51.0 Å². The first kappa shape index (κ1) is 60.7. The van der Waals surface area contributed by atoms with Crippen molar-refractivity contribution in [2.45, 2.75) is 121 Å². The number of amides is 3. The molecule has 3 heterocycles. The lowest BCUT2D eigenvalue weighted by molar-refractivity contribution is -0.119. The predicted molar refractivity (Wildman–Crippen MR) is 299 cm³/mol. The van der Waals surface area contributed by atoms with Crippen molar-refractivity contribution < 1.29 is 29.4 Å². The Morgan fingerprint density at radius 2 is 1.19 bits per heavy atom. The average molecular weight is 1030 g/mol. The topological polar surface area (TPSA) is 221 Å². The number of benzene rings is 4. The molecule has 3 amide bonds. The van der Waals surface area contributed by atoms with Gasteiger partial charge in [0.15, 0.2) is 0 Å². The van der Waals surface area contributed by atoms with Gasteiger partial charge in [-0.2, -0.15) is 0 Å². The molecule has 16 nitrogen and oxygen atoms in total. The summed E-state index contributed by atoms with van der Waals surface area (Å²) >= 11 is 0. The van der Waals surface area contributed by atoms with Crippen LogP contribution in [0, 0.1) is 0 Å². The van der Waals surface area contributed by atoms with Gasteiger partial charge in [-0.05, 0) is 101 Å². The summed E-state index contributed by atoms with van der Waals surface area (Å²) in [7, 11) is 7.48. The van der Waals surface area contributed by atoms with E-state index in [1.165, 1.54) is 56.9 Å². The Labute approximate surface area is 444 Å². The minimum Gasteiger partial charge on any atom is -0.392 e. The molecule has 2 aromatic heterocycles. The summed E-state index contributed by atoms with van der Waals surface area (Å²) in [5.74, 6) is 1.55. The van der Waals surface area contributed by atoms with Crippen molar-refractivity contribution in [2.75, 3.05) is 41.3 Å². The van der Waals surface area contributed by atoms with E-state index in [0.29, 0.717) is 44.0 Å². The standard InChI is InChI=1S/C28H32N6O3.C9H11NO.C8H10.2C6H11NO.C2H7N/c1-18(36)14-33(2)16-27-29-12-24(31-27)21-7-3-19(4-8-21)20-5-9-22(10-6-20)25-13-30-28(32-25)26-11-23(37)15-34(26)17-35;1-10-9(7-11)8-5-3-2-4-6-8;1-2-8-6-4-3-5-7-8;2*8-5-7-6-3-1-2-4-6;1-3-2/h3-10,12-13,17-18,23,26,36-37H,11,14-16H2,1-2H3,(H,29,31)(H,30,32);2-7,9-10H,1H3;3-7H,2H2,1H3;2*5-6H,1-4H2,(H,7,8);3H,1-2H3/t18?,23-,26?;;;;;/m1...../s1. The number of carbonyl (C=O) groups excluding carboxylic acids is 4. The van der Waals surface area contributed by atoms with Gasteiger partial charge in [-0.1, -0.05) is 142 Å². The van der Waals surface area contributed by atoms with Crippen molar-refractivity contribution in [2.24, 2.45) is 0 Å². The van der Waals surface area contributed by atoms with Crippen LogP contribution in [0.4, 0.5) is 0 Å². The number of aliphatic hydroxyl groups excluding tert-OH is 2. The maximum Gasteiger partial charge on any atom is 0.210 e. The van der Waals surface area contributed by atoms with E-state index in [1.54, 1.807) is 25.1 Å². The molecule has 0 radical (unpaired) electrons. The maximum absolute atomic E-state index is 11.3. The van der Waals surface area contributed by atoms with E-state index in [-0.39, 0.29) is 18.2 Å². The van der Waals surface area contributed by atoms with Crippen molar-refractivity contribution in [3.63, 3.8) is 0 Å². The Morgan fingerprint density at radius 3 is 1.63 bits per heavy atom. The van der Waals surface area contributed by atoms with Crippen LogP contribution in [0.1, 0.15) is 106 Å². The largest absolute Gasteiger partial charge is 0.392 e. The fourth-order valence-electron chi connectivity index (χ4n) is 8.99. The van der Waals surface area contributed by atoms with E-state index in [2.05, 4.69) is 109 Å². The number of aromatic nitrogens is 4. The summed E-state index contributed by atoms with van der Waals surface area (Å²) in [6.07, 6.45) is 17.5. The molecule has 2 aliphatic carbocycles. The SMILES string of the molecule is CC(O)CN(C)Cc1ncc(-c2ccc(-c3ccc(-c4cnc(C5C[C@@H](O)CN5C=O)[nH]4)cc3)cc2)[nH]1.CCc1ccccc1.CNC.CNC(C=O)c1ccccc1.O=CNC1CCCC1.O=CNC1CCCC1. The molecule has 8 N–H and O–H groups in total. The Balaban J connectivity index is 0.000000255. The minimum absolute atomic E-state index is 0.170. The highest BCUT2D eigenvalue weighted by atomic mass is 16.3. The van der Waals surface area contributed by atoms with Crippen LogP contribution in [0.3, 0.4) is 0 Å². The van der Waals surface area contributed by atoms with E-state index in [4.69, 9.17) is 0 Å². The molecule has 9 rings (SSSR count). The van der Waals surface area contributed by atoms with Crippen LogP contribution in [0.15, 0.2) is 122 Å². The molecule has 0 spiro atoms. The van der Waals surface area contributed by atoms with Crippen molar-refractivity contribution >= 4 is 25.5 Å². The van der Waals surface area contributed by atoms with Crippen LogP contribution in [0.2, 0.25) is 0 Å². The fraction of sp³-hybridized carbons (Fsp3) is 0.424. The molecule has 1 aliphatic heterocycles. The molecular weight excluding hydrogens is 945 g/mol. The number of carbonyl (C=O) groups is 4. The second-order valence-electron chi connectivity index (χ2n) is 19.0. The number of aryl methyl sites for hydroxylation is 1. The maximum atomic E-state index is 11.3. The fourth-order valence-corrected chi connectivity index (χ4v) is 8.99. The first-order valence-electron chi connectivity index (χ1n) is 26.2. The van der Waals surface area contributed by atoms with Crippen LogP contribution in [-0.2, 0) is 32.1 Å². The number of aromatic amines is 2. The Hall–Kier alpha value is -6.82. The van der Waals surface area contributed by atoms with Crippen LogP contribution < -0.4 is 21.3 Å². The summed E-state index contributed by atoms with van der Waals surface area (Å²) in [6, 6.07) is 37.3. The lowest BCUT2D eigenvalue weighted by Crippen LogP contribution is -2.27. The van der Waals surface area contributed by atoms with E-state index in [9.17, 15) is 29.4 Å². The Kier molecular flexibility index (Phi) is 28.0. The van der Waals surface area contributed by atoms with Crippen LogP contribution >= 0.6 is 0 Å². The number of hydrogen-bond donors (Lipinski definition) is 8. The lowest BCUT2D eigenvalue weighted by Gasteiger charge is -2.16. The number of β-amino-alcohol motifs (C(OH)–C–C–N with tert-alkyl or cyclic N) is 1. The number of imidazole rings is 2. The van der Waals surface area contributed by atoms with E-state index in [1.807, 2.05) is 80.8 Å². The van der Waals surface area contributed by atoms with Gasteiger partial charge in [0.1, 0.15) is 17.9 Å². The summed E-state index contributed by atoms with van der Waals surface area (Å²) in [5, 5.41) is 30.6. The second-order valence-corrected chi connectivity index (χ2v) is 19.0. The number of rotatable bonds is 17. The Bertz CT molecular complexity index is 2430. The van der Waals surface area contributed by atoms with E-state index in [0.717, 1.165) is 77.0 Å². The number of nitrogens with zero attached hydrogens (tertiary/aromatic N) is 4. The third-order valence-electron chi connectivity index (χ3n) is 12.9. The predicted octanol–water partition coefficient (Wildman–Crippen LogP) is 7.79. The monoisotopic (exact) mass is 1030 g/mol. The van der Waals surface area contributed by atoms with Crippen molar-refractivity contribution in [3.8, 4) is 33.6 Å². The highest BCUT2D eigenvalue weighted by Crippen LogP contribution is 2.32. The molecule has 16 heteroatoms. The summed E-state index contributed by atoms with van der Waals surface area (Å²) in [6.45, 7) is 5.51. The number of likely N-dealkylation sites (N-methyl/N-ethyl adjacent to an activating group) is 2. The third-order valence-corrected chi connectivity index (χ3v) is 12.9. The van der Waals surface area contributed by atoms with Gasteiger partial charge in [-0.15, -0.1) is 0 Å². The Morgan fingerprint density at radius 1 is 0.707 bits per heavy atom. The molecular formula is C59H82N10O6. The smallest absolute Gasteiger partial charge is 0.210 e. The van der Waals surface area contributed by atoms with Gasteiger partial charge in [0, 0.05) is 31.6 Å². The number of nitrogens with one attached hydrogen (secondary N) is 6. The van der Waals surface area contributed by atoms with E-state index < -0.39 is 6.10 Å². The number of H-pyrrole nitrogens is 2. The number of aldehydes is 1. The van der Waals surface area contributed by atoms with Gasteiger partial charge < -0.3 is 51.1 Å². The van der Waals surface area contributed by atoms with Gasteiger partial charge in [0.2, 0.25) is 19.2 Å². The summed E-state index contributed by atoms with van der Waals surface area (Å²) < 4.78 is 0. The number of aliphatic hydroxyl groups is 2. The number of likely N-dealkylation sites (tertiary alicyclic amines) is 1. The molecule has 0 bridgehead atoms. The molecule has 404 valence electrons. The first-order chi connectivity index (χ1) is 36.5. The highest BCUT2D eigenvalue weighted by Gasteiger charge is 2.33. The van der Waals surface area contributed by atoms with Gasteiger partial charge in [-0.25, -0.2) is 9.97 Å². The zero-order chi connectivity index (χ0) is 54.2. The molecule has 3 aliphatic rings. The van der Waals surface area contributed by atoms with E-state index >= 15 is 0 Å². The molecule has 3 fully saturated rings.